The van der Waals surface area contributed by atoms with Crippen molar-refractivity contribution in [1.29, 1.82) is 0 Å². The normalized spacial score (nSPS) is 15.7. The van der Waals surface area contributed by atoms with Gasteiger partial charge in [-0.25, -0.2) is 0 Å². The maximum absolute atomic E-state index is 2.34. The molecule has 0 aromatic rings. The van der Waals surface area contributed by atoms with E-state index >= 15 is 0 Å². The van der Waals surface area contributed by atoms with Gasteiger partial charge in [0, 0.05) is 0 Å². The van der Waals surface area contributed by atoms with E-state index in [9.17, 15) is 0 Å². The van der Waals surface area contributed by atoms with Crippen molar-refractivity contribution in [2.75, 3.05) is 0 Å². The molecule has 0 N–H and O–H groups in total. The lowest BCUT2D eigenvalue weighted by atomic mass is 9.77. The standard InChI is InChI=1S/C11H22/c1-6-8-10(3)11(4,5)9-7-2/h7,9-10H,6,8H2,1-5H3. The van der Waals surface area contributed by atoms with Crippen LogP contribution in [0.3, 0.4) is 0 Å². The van der Waals surface area contributed by atoms with Crippen LogP contribution in [0.15, 0.2) is 12.2 Å². The Hall–Kier alpha value is -0.260. The Balaban J connectivity index is 4.05. The zero-order chi connectivity index (χ0) is 8.91. The quantitative estimate of drug-likeness (QED) is 0.536. The van der Waals surface area contributed by atoms with Gasteiger partial charge in [0.05, 0.1) is 0 Å². The summed E-state index contributed by atoms with van der Waals surface area (Å²) in [6.45, 7) is 11.3. The van der Waals surface area contributed by atoms with E-state index < -0.39 is 0 Å². The first-order valence-electron chi connectivity index (χ1n) is 4.68. The van der Waals surface area contributed by atoms with Crippen molar-refractivity contribution in [3.63, 3.8) is 0 Å². The molecule has 0 aliphatic rings. The molecular weight excluding hydrogens is 132 g/mol. The third kappa shape index (κ3) is 3.60. The summed E-state index contributed by atoms with van der Waals surface area (Å²) in [4.78, 5) is 0. The Morgan fingerprint density at radius 1 is 1.36 bits per heavy atom. The SMILES string of the molecule is CC=CC(C)(C)C(C)CCC. The van der Waals surface area contributed by atoms with E-state index in [1.54, 1.807) is 0 Å². The van der Waals surface area contributed by atoms with Crippen LogP contribution in [0.2, 0.25) is 0 Å². The van der Waals surface area contributed by atoms with Crippen molar-refractivity contribution in [3.8, 4) is 0 Å². The van der Waals surface area contributed by atoms with E-state index in [1.165, 1.54) is 12.8 Å². The van der Waals surface area contributed by atoms with Crippen LogP contribution >= 0.6 is 0 Å². The zero-order valence-corrected chi connectivity index (χ0v) is 8.65. The van der Waals surface area contributed by atoms with Gasteiger partial charge in [0.25, 0.3) is 0 Å². The number of rotatable bonds is 4. The lowest BCUT2D eigenvalue weighted by Crippen LogP contribution is -2.18. The summed E-state index contributed by atoms with van der Waals surface area (Å²) in [6, 6.07) is 0. The molecule has 0 heteroatoms. The number of hydrogen-bond acceptors (Lipinski definition) is 0. The highest BCUT2D eigenvalue weighted by Crippen LogP contribution is 2.31. The average molecular weight is 154 g/mol. The van der Waals surface area contributed by atoms with E-state index in [2.05, 4.69) is 46.8 Å². The van der Waals surface area contributed by atoms with Crippen LogP contribution in [0.1, 0.15) is 47.5 Å². The van der Waals surface area contributed by atoms with Gasteiger partial charge in [0.15, 0.2) is 0 Å². The van der Waals surface area contributed by atoms with Gasteiger partial charge < -0.3 is 0 Å². The molecule has 0 aromatic heterocycles. The van der Waals surface area contributed by atoms with Crippen LogP contribution in [0, 0.1) is 11.3 Å². The molecule has 0 amide bonds. The molecule has 0 aliphatic carbocycles. The van der Waals surface area contributed by atoms with Gasteiger partial charge in [-0.3, -0.25) is 0 Å². The number of allylic oxidation sites excluding steroid dienone is 2. The highest BCUT2D eigenvalue weighted by atomic mass is 14.3. The molecule has 11 heavy (non-hydrogen) atoms. The largest absolute Gasteiger partial charge is 0.0911 e. The predicted octanol–water partition coefficient (Wildman–Crippen LogP) is 4.02. The zero-order valence-electron chi connectivity index (χ0n) is 8.65. The molecule has 0 bridgehead atoms. The molecule has 0 heterocycles. The highest BCUT2D eigenvalue weighted by Gasteiger charge is 2.20. The van der Waals surface area contributed by atoms with E-state index in [-0.39, 0.29) is 0 Å². The molecule has 66 valence electrons. The van der Waals surface area contributed by atoms with Crippen LogP contribution < -0.4 is 0 Å². The molecule has 0 radical (unpaired) electrons. The third-order valence-electron chi connectivity index (χ3n) is 2.59. The van der Waals surface area contributed by atoms with Crippen LogP contribution in [0.25, 0.3) is 0 Å². The Bertz CT molecular complexity index is 120. The van der Waals surface area contributed by atoms with Crippen molar-refractivity contribution in [2.24, 2.45) is 11.3 Å². The summed E-state index contributed by atoms with van der Waals surface area (Å²) < 4.78 is 0. The van der Waals surface area contributed by atoms with Gasteiger partial charge in [-0.1, -0.05) is 52.7 Å². The second-order valence-corrected chi connectivity index (χ2v) is 4.01. The summed E-state index contributed by atoms with van der Waals surface area (Å²) in [7, 11) is 0. The molecule has 0 spiro atoms. The van der Waals surface area contributed by atoms with Crippen LogP contribution in [0.5, 0.6) is 0 Å². The van der Waals surface area contributed by atoms with E-state index in [4.69, 9.17) is 0 Å². The Labute approximate surface area is 71.7 Å². The summed E-state index contributed by atoms with van der Waals surface area (Å²) in [6.07, 6.45) is 7.10. The lowest BCUT2D eigenvalue weighted by molar-refractivity contribution is 0.287. The summed E-state index contributed by atoms with van der Waals surface area (Å²) >= 11 is 0. The smallest absolute Gasteiger partial charge is 0.0149 e. The molecule has 0 saturated carbocycles. The van der Waals surface area contributed by atoms with Crippen molar-refractivity contribution >= 4 is 0 Å². The fourth-order valence-electron chi connectivity index (χ4n) is 1.40. The molecule has 0 aromatic carbocycles. The van der Waals surface area contributed by atoms with Gasteiger partial charge in [-0.2, -0.15) is 0 Å². The molecule has 0 fully saturated rings. The van der Waals surface area contributed by atoms with Crippen molar-refractivity contribution in [1.82, 2.24) is 0 Å². The van der Waals surface area contributed by atoms with Gasteiger partial charge in [-0.15, -0.1) is 0 Å². The minimum atomic E-state index is 0.380. The summed E-state index contributed by atoms with van der Waals surface area (Å²) in [5.74, 6) is 0.795. The lowest BCUT2D eigenvalue weighted by Gasteiger charge is -2.28. The van der Waals surface area contributed by atoms with E-state index in [1.807, 2.05) is 0 Å². The van der Waals surface area contributed by atoms with Gasteiger partial charge >= 0.3 is 0 Å². The van der Waals surface area contributed by atoms with Gasteiger partial charge in [-0.05, 0) is 18.3 Å². The molecule has 0 rings (SSSR count). The second kappa shape index (κ2) is 4.58. The van der Waals surface area contributed by atoms with Crippen LogP contribution in [-0.4, -0.2) is 0 Å². The van der Waals surface area contributed by atoms with E-state index in [0.717, 1.165) is 5.92 Å². The van der Waals surface area contributed by atoms with E-state index in [0.29, 0.717) is 5.41 Å². The second-order valence-electron chi connectivity index (χ2n) is 4.01. The molecule has 0 saturated heterocycles. The van der Waals surface area contributed by atoms with Crippen molar-refractivity contribution in [3.05, 3.63) is 12.2 Å². The first-order valence-corrected chi connectivity index (χ1v) is 4.68. The first-order chi connectivity index (χ1) is 5.04. The summed E-state index contributed by atoms with van der Waals surface area (Å²) in [5.41, 5.74) is 0.380. The Morgan fingerprint density at radius 3 is 2.27 bits per heavy atom. The van der Waals surface area contributed by atoms with Crippen LogP contribution in [-0.2, 0) is 0 Å². The molecule has 1 unspecified atom stereocenters. The molecular formula is C11H22. The first kappa shape index (κ1) is 10.7. The van der Waals surface area contributed by atoms with Gasteiger partial charge in [0.2, 0.25) is 0 Å². The molecule has 0 nitrogen and oxygen atoms in total. The fourth-order valence-corrected chi connectivity index (χ4v) is 1.40. The van der Waals surface area contributed by atoms with Gasteiger partial charge in [0.1, 0.15) is 0 Å². The maximum atomic E-state index is 2.34. The molecule has 1 atom stereocenters. The predicted molar refractivity (Wildman–Crippen MR) is 52.7 cm³/mol. The molecule has 0 aliphatic heterocycles. The third-order valence-corrected chi connectivity index (χ3v) is 2.59. The van der Waals surface area contributed by atoms with Crippen molar-refractivity contribution in [2.45, 2.75) is 47.5 Å². The monoisotopic (exact) mass is 154 g/mol. The fraction of sp³-hybridized carbons (Fsp3) is 0.818. The van der Waals surface area contributed by atoms with Crippen molar-refractivity contribution < 1.29 is 0 Å². The number of hydrogen-bond donors (Lipinski definition) is 0. The Kier molecular flexibility index (Phi) is 4.48. The topological polar surface area (TPSA) is 0 Å². The minimum Gasteiger partial charge on any atom is -0.0911 e. The summed E-state index contributed by atoms with van der Waals surface area (Å²) in [5, 5.41) is 0. The highest BCUT2D eigenvalue weighted by molar-refractivity contribution is 4.95. The minimum absolute atomic E-state index is 0.380. The maximum Gasteiger partial charge on any atom is -0.0149 e. The Morgan fingerprint density at radius 2 is 1.91 bits per heavy atom. The average Bonchev–Trinajstić information content (AvgIpc) is 1.88. The van der Waals surface area contributed by atoms with Crippen LogP contribution in [0.4, 0.5) is 0 Å².